The fraction of sp³-hybridized carbons (Fsp3) is 0.0833. The van der Waals surface area contributed by atoms with Crippen LogP contribution in [0.4, 0.5) is 11.5 Å². The summed E-state index contributed by atoms with van der Waals surface area (Å²) >= 11 is 0. The van der Waals surface area contributed by atoms with Crippen molar-refractivity contribution in [3.05, 3.63) is 149 Å². The van der Waals surface area contributed by atoms with E-state index in [9.17, 15) is 18.0 Å². The summed E-state index contributed by atoms with van der Waals surface area (Å²) in [6.45, 7) is 1.74. The molecule has 1 atom stereocenters. The van der Waals surface area contributed by atoms with E-state index in [-0.39, 0.29) is 22.6 Å². The molecule has 1 amide bonds. The molecule has 7 rings (SSSR count). The molecule has 0 aliphatic carbocycles. The third-order valence-corrected chi connectivity index (χ3v) is 8.77. The van der Waals surface area contributed by atoms with Crippen molar-refractivity contribution in [3.8, 4) is 17.5 Å². The van der Waals surface area contributed by atoms with Gasteiger partial charge < -0.3 is 5.32 Å². The van der Waals surface area contributed by atoms with Gasteiger partial charge in [-0.25, -0.2) is 14.2 Å². The Balaban J connectivity index is 1.28. The Hall–Kier alpha value is -6.72. The highest BCUT2D eigenvalue weighted by Crippen LogP contribution is 2.26. The van der Waals surface area contributed by atoms with E-state index in [2.05, 4.69) is 41.8 Å². The first-order valence-electron chi connectivity index (χ1n) is 15.4. The number of hydrogen-bond acceptors (Lipinski definition) is 7. The predicted molar refractivity (Wildman–Crippen MR) is 190 cm³/mol. The molecule has 4 aromatic heterocycles. The number of pyridine rings is 1. The number of nitrogens with zero attached hydrogens (tertiary/aromatic N) is 6. The molecule has 248 valence electrons. The minimum absolute atomic E-state index is 0.0988. The number of hydrogen-bond donors (Lipinski definition) is 3. The zero-order valence-electron chi connectivity index (χ0n) is 26.8. The van der Waals surface area contributed by atoms with Crippen molar-refractivity contribution >= 4 is 44.0 Å². The summed E-state index contributed by atoms with van der Waals surface area (Å²) in [5.74, 6) is 5.32. The van der Waals surface area contributed by atoms with Crippen molar-refractivity contribution < 1.29 is 13.2 Å². The van der Waals surface area contributed by atoms with Crippen LogP contribution in [0.25, 0.3) is 22.1 Å². The lowest BCUT2D eigenvalue weighted by molar-refractivity contribution is 0.0941. The van der Waals surface area contributed by atoms with Crippen molar-refractivity contribution in [2.75, 3.05) is 9.44 Å². The van der Waals surface area contributed by atoms with Crippen LogP contribution in [0.3, 0.4) is 0 Å². The van der Waals surface area contributed by atoms with Crippen LogP contribution in [0, 0.1) is 11.8 Å². The van der Waals surface area contributed by atoms with Gasteiger partial charge in [0.2, 0.25) is 0 Å². The van der Waals surface area contributed by atoms with Crippen molar-refractivity contribution in [2.45, 2.75) is 13.0 Å². The van der Waals surface area contributed by atoms with Gasteiger partial charge in [0.1, 0.15) is 5.56 Å². The van der Waals surface area contributed by atoms with Gasteiger partial charge in [0.15, 0.2) is 11.5 Å². The fourth-order valence-electron chi connectivity index (χ4n) is 5.60. The molecule has 4 heterocycles. The van der Waals surface area contributed by atoms with E-state index in [0.717, 1.165) is 0 Å². The highest BCUT2D eigenvalue weighted by molar-refractivity contribution is 7.94. The van der Waals surface area contributed by atoms with Gasteiger partial charge in [-0.3, -0.25) is 23.6 Å². The van der Waals surface area contributed by atoms with Crippen LogP contribution in [0.1, 0.15) is 40.1 Å². The third kappa shape index (κ3) is 6.40. The summed E-state index contributed by atoms with van der Waals surface area (Å²) in [6, 6.07) is 25.5. The summed E-state index contributed by atoms with van der Waals surface area (Å²) in [7, 11) is -2.41. The zero-order chi connectivity index (χ0) is 34.8. The van der Waals surface area contributed by atoms with Gasteiger partial charge in [-0.05, 0) is 54.8 Å². The number of nitrogens with one attached hydrogen (secondary N) is 3. The second-order valence-corrected chi connectivity index (χ2v) is 12.8. The van der Waals surface area contributed by atoms with E-state index in [1.165, 1.54) is 10.7 Å². The molecule has 0 radical (unpaired) electrons. The van der Waals surface area contributed by atoms with Crippen LogP contribution >= 0.6 is 0 Å². The number of aromatic nitrogens is 6. The van der Waals surface area contributed by atoms with Gasteiger partial charge in [0.05, 0.1) is 28.9 Å². The van der Waals surface area contributed by atoms with Gasteiger partial charge >= 0.3 is 10.2 Å². The predicted octanol–water partition coefficient (Wildman–Crippen LogP) is 4.43. The molecule has 0 bridgehead atoms. The summed E-state index contributed by atoms with van der Waals surface area (Å²) in [5.41, 5.74) is 2.36. The Morgan fingerprint density at radius 2 is 1.68 bits per heavy atom. The second kappa shape index (κ2) is 13.1. The Morgan fingerprint density at radius 3 is 2.42 bits per heavy atom. The van der Waals surface area contributed by atoms with E-state index in [0.29, 0.717) is 39.0 Å². The molecular formula is C36H29N9O4S. The topological polar surface area (TPSA) is 157 Å². The lowest BCUT2D eigenvalue weighted by Gasteiger charge is -2.21. The molecule has 0 aliphatic heterocycles. The highest BCUT2D eigenvalue weighted by atomic mass is 32.2. The van der Waals surface area contributed by atoms with Crippen LogP contribution < -0.4 is 20.3 Å². The maximum Gasteiger partial charge on any atom is 0.322 e. The van der Waals surface area contributed by atoms with E-state index in [4.69, 9.17) is 0 Å². The molecule has 3 aromatic carbocycles. The van der Waals surface area contributed by atoms with Crippen molar-refractivity contribution in [1.29, 1.82) is 0 Å². The molecule has 0 aliphatic rings. The number of rotatable bonds is 8. The van der Waals surface area contributed by atoms with E-state index >= 15 is 0 Å². The summed E-state index contributed by atoms with van der Waals surface area (Å²) in [4.78, 5) is 32.8. The first-order chi connectivity index (χ1) is 24.2. The monoisotopic (exact) mass is 683 g/mol. The summed E-state index contributed by atoms with van der Waals surface area (Å²) in [6.07, 6.45) is 6.47. The molecule has 1 unspecified atom stereocenters. The Kier molecular flexibility index (Phi) is 8.32. The van der Waals surface area contributed by atoms with Crippen molar-refractivity contribution in [1.82, 2.24) is 34.3 Å². The van der Waals surface area contributed by atoms with Crippen LogP contribution in [-0.2, 0) is 17.3 Å². The minimum atomic E-state index is -4.21. The molecule has 7 aromatic rings. The number of amides is 1. The molecule has 3 N–H and O–H groups in total. The van der Waals surface area contributed by atoms with Gasteiger partial charge in [-0.1, -0.05) is 60.4 Å². The van der Waals surface area contributed by atoms with Gasteiger partial charge in [0.25, 0.3) is 11.5 Å². The smallest absolute Gasteiger partial charge is 0.322 e. The average Bonchev–Trinajstić information content (AvgIpc) is 3.69. The number of para-hydroxylation sites is 2. The number of fused-ring (bicyclic) bond motifs is 2. The van der Waals surface area contributed by atoms with Crippen LogP contribution in [-0.4, -0.2) is 43.3 Å². The normalized spacial score (nSPS) is 11.9. The zero-order valence-corrected chi connectivity index (χ0v) is 27.6. The number of carbonyl (C=O) groups is 1. The Bertz CT molecular complexity index is 2620. The van der Waals surface area contributed by atoms with Crippen molar-refractivity contribution in [2.24, 2.45) is 7.05 Å². The lowest BCUT2D eigenvalue weighted by atomic mass is 10.0. The first kappa shape index (κ1) is 31.9. The van der Waals surface area contributed by atoms with E-state index < -0.39 is 22.2 Å². The van der Waals surface area contributed by atoms with Crippen molar-refractivity contribution in [3.63, 3.8) is 0 Å². The first-order valence-corrected chi connectivity index (χ1v) is 16.9. The van der Waals surface area contributed by atoms with Crippen LogP contribution in [0.5, 0.6) is 0 Å². The average molecular weight is 684 g/mol. The summed E-state index contributed by atoms with van der Waals surface area (Å²) < 4.78 is 35.5. The molecule has 0 saturated carbocycles. The molecule has 50 heavy (non-hydrogen) atoms. The van der Waals surface area contributed by atoms with E-state index in [1.54, 1.807) is 96.4 Å². The number of aryl methyl sites for hydroxylation is 1. The lowest BCUT2D eigenvalue weighted by Crippen LogP contribution is -2.33. The number of benzene rings is 3. The Morgan fingerprint density at radius 1 is 0.920 bits per heavy atom. The fourth-order valence-corrected chi connectivity index (χ4v) is 6.49. The van der Waals surface area contributed by atoms with Crippen LogP contribution in [0.15, 0.2) is 121 Å². The minimum Gasteiger partial charge on any atom is -0.344 e. The molecular weight excluding hydrogens is 655 g/mol. The second-order valence-electron chi connectivity index (χ2n) is 11.3. The number of carbonyl (C=O) groups excluding carboxylic acids is 1. The molecule has 13 nitrogen and oxygen atoms in total. The molecule has 14 heteroatoms. The van der Waals surface area contributed by atoms with Gasteiger partial charge in [-0.15, -0.1) is 5.10 Å². The SMILES string of the molecule is CC(NC(=O)c1c(NS(=O)(=O)Nc2ccccc2)nn2cccnc12)c1cc2cccc(C#Cc3cnn(C)c3)c2c(=O)n1-c1ccccc1. The quantitative estimate of drug-likeness (QED) is 0.200. The van der Waals surface area contributed by atoms with Gasteiger partial charge in [0, 0.05) is 42.6 Å². The van der Waals surface area contributed by atoms with Gasteiger partial charge in [-0.2, -0.15) is 13.5 Å². The van der Waals surface area contributed by atoms with E-state index in [1.807, 2.05) is 36.4 Å². The maximum absolute atomic E-state index is 14.4. The number of anilines is 2. The molecule has 0 spiro atoms. The standard InChI is InChI=1S/C36H29N9O4S/c1-24(39-35(46)32-33(40-44-20-10-19-37-34(32)44)42-50(48,49)41-28-13-5-3-6-14-28)30-21-27-12-9-11-26(18-17-25-22-38-43(2)23-25)31(27)36(47)45(30)29-15-7-4-8-16-29/h3-16,19-24,41H,1-2H3,(H,39,46)(H,40,42). The highest BCUT2D eigenvalue weighted by Gasteiger charge is 2.27. The largest absolute Gasteiger partial charge is 0.344 e. The Labute approximate surface area is 286 Å². The van der Waals surface area contributed by atoms with Crippen LogP contribution in [0.2, 0.25) is 0 Å². The maximum atomic E-state index is 14.4. The summed E-state index contributed by atoms with van der Waals surface area (Å²) in [5, 5.41) is 12.5. The third-order valence-electron chi connectivity index (χ3n) is 7.81. The molecule has 0 fully saturated rings. The molecule has 0 saturated heterocycles.